The molecule has 0 radical (unpaired) electrons. The van der Waals surface area contributed by atoms with Crippen LogP contribution in [0, 0.1) is 6.92 Å². The molecule has 1 atom stereocenters. The van der Waals surface area contributed by atoms with Crippen LogP contribution in [0.5, 0.6) is 5.75 Å². The Morgan fingerprint density at radius 1 is 0.963 bits per heavy atom. The normalized spacial score (nSPS) is 13.9. The van der Waals surface area contributed by atoms with E-state index < -0.39 is 18.0 Å². The van der Waals surface area contributed by atoms with Gasteiger partial charge in [-0.2, -0.15) is 0 Å². The molecule has 11 heteroatoms. The number of methoxy groups -OCH3 is 1. The lowest BCUT2D eigenvalue weighted by atomic mass is 9.93. The van der Waals surface area contributed by atoms with E-state index in [0.29, 0.717) is 72.4 Å². The summed E-state index contributed by atoms with van der Waals surface area (Å²) in [5, 5.41) is 1.20. The molecule has 1 heterocycles. The van der Waals surface area contributed by atoms with Gasteiger partial charge in [-0.1, -0.05) is 68.1 Å². The van der Waals surface area contributed by atoms with Gasteiger partial charge in [-0.25, -0.2) is 4.79 Å². The summed E-state index contributed by atoms with van der Waals surface area (Å²) in [6.45, 7) is 5.25. The van der Waals surface area contributed by atoms with E-state index >= 15 is 0 Å². The summed E-state index contributed by atoms with van der Waals surface area (Å²) < 4.78 is 19.6. The van der Waals surface area contributed by atoms with Crippen LogP contribution in [0.4, 0.5) is 5.69 Å². The van der Waals surface area contributed by atoms with Crippen molar-refractivity contribution in [1.29, 1.82) is 0 Å². The molecule has 0 spiro atoms. The fourth-order valence-electron chi connectivity index (χ4n) is 7.33. The second-order valence-corrected chi connectivity index (χ2v) is 14.9. The highest BCUT2D eigenvalue weighted by Crippen LogP contribution is 2.33. The monoisotopic (exact) mass is 813 g/mol. The predicted octanol–water partition coefficient (Wildman–Crippen LogP) is 9.48. The van der Waals surface area contributed by atoms with Gasteiger partial charge in [0.05, 0.1) is 30.3 Å². The summed E-state index contributed by atoms with van der Waals surface area (Å²) in [4.78, 5) is 43.6. The largest absolute Gasteiger partial charge is 0.497 e. The number of hydrogen-bond donors (Lipinski definition) is 1. The van der Waals surface area contributed by atoms with Crippen molar-refractivity contribution in [1.82, 2.24) is 9.47 Å². The van der Waals surface area contributed by atoms with Crippen molar-refractivity contribution in [3.05, 3.63) is 128 Å². The van der Waals surface area contributed by atoms with Gasteiger partial charge < -0.3 is 19.9 Å². The second kappa shape index (κ2) is 17.7. The summed E-state index contributed by atoms with van der Waals surface area (Å²) in [5.74, 6) is -0.789. The maximum Gasteiger partial charge on any atom is 0.338 e. The molecule has 1 saturated carbocycles. The number of nitrogens with two attached hydrogens (primary N) is 1. The zero-order valence-corrected chi connectivity index (χ0v) is 33.1. The number of fused-ring (bicyclic) bond motifs is 1. The van der Waals surface area contributed by atoms with Crippen LogP contribution in [0.15, 0.2) is 89.4 Å². The smallest absolute Gasteiger partial charge is 0.338 e. The third-order valence-electron chi connectivity index (χ3n) is 10.3. The summed E-state index contributed by atoms with van der Waals surface area (Å²) in [7, 11) is 1.56. The number of hydrogen-bond acceptors (Lipinski definition) is 8. The number of carbonyl (C=O) groups excluding carboxylic acids is 3. The van der Waals surface area contributed by atoms with Crippen molar-refractivity contribution < 1.29 is 28.6 Å². The first-order valence-corrected chi connectivity index (χ1v) is 19.5. The highest BCUT2D eigenvalue weighted by molar-refractivity contribution is 9.10. The topological polar surface area (TPSA) is 113 Å². The van der Waals surface area contributed by atoms with Crippen molar-refractivity contribution in [2.45, 2.75) is 71.1 Å². The number of rotatable bonds is 13. The van der Waals surface area contributed by atoms with E-state index in [1.165, 1.54) is 19.3 Å². The molecular formula is C43H45BrClN3O6. The molecule has 1 aliphatic rings. The first kappa shape index (κ1) is 39.1. The summed E-state index contributed by atoms with van der Waals surface area (Å²) in [6, 6.07) is 25.2. The molecular weight excluding hydrogens is 770 g/mol. The molecule has 0 saturated heterocycles. The van der Waals surface area contributed by atoms with Gasteiger partial charge in [0, 0.05) is 38.7 Å². The third kappa shape index (κ3) is 8.83. The van der Waals surface area contributed by atoms with Crippen molar-refractivity contribution >= 4 is 62.0 Å². The Kier molecular flexibility index (Phi) is 12.8. The SMILES string of the molecule is CCN(Cc1cc(C(=O)OCC(OC(=O)Cc2c(C)n(C(=O)c3ccc(Cl)cc3)c3ccc(OC)cc23)c2ccccc2)cc(Br)c1N)C1CCCCC1. The number of aromatic nitrogens is 1. The highest BCUT2D eigenvalue weighted by Gasteiger charge is 2.26. The number of ether oxygens (including phenoxy) is 3. The van der Waals surface area contributed by atoms with Gasteiger partial charge in [-0.3, -0.25) is 19.1 Å². The van der Waals surface area contributed by atoms with Crippen LogP contribution in [0.3, 0.4) is 0 Å². The number of anilines is 1. The molecule has 2 N–H and O–H groups in total. The van der Waals surface area contributed by atoms with Gasteiger partial charge in [0.2, 0.25) is 0 Å². The second-order valence-electron chi connectivity index (χ2n) is 13.6. The third-order valence-corrected chi connectivity index (χ3v) is 11.2. The molecule has 1 aliphatic carbocycles. The number of nitrogen functional groups attached to an aromatic ring is 1. The molecule has 1 unspecified atom stereocenters. The molecule has 1 fully saturated rings. The van der Waals surface area contributed by atoms with Crippen LogP contribution < -0.4 is 10.5 Å². The standard InChI is InChI=1S/C43H45BrClN3O6/c1-4-47(33-13-9-6-10-14-33)25-31-21-30(22-37(44)41(31)46)43(51)53-26-39(28-11-7-5-8-12-28)54-40(49)24-35-27(2)48(38-20-19-34(52-3)23-36(35)38)42(50)29-15-17-32(45)18-16-29/h5,7-8,11-12,15-23,33,39H,4,6,9-10,13-14,24-26,46H2,1-3H3. The Hall–Kier alpha value is -4.64. The summed E-state index contributed by atoms with van der Waals surface area (Å²) in [5.41, 5.74) is 11.3. The first-order chi connectivity index (χ1) is 26.1. The number of nitrogens with zero attached hydrogens (tertiary/aromatic N) is 2. The molecule has 54 heavy (non-hydrogen) atoms. The van der Waals surface area contributed by atoms with Crippen LogP contribution in [-0.4, -0.2) is 53.6 Å². The maximum absolute atomic E-state index is 13.8. The predicted molar refractivity (Wildman–Crippen MR) is 215 cm³/mol. The number of benzene rings is 4. The van der Waals surface area contributed by atoms with Gasteiger partial charge in [-0.05, 0) is 114 Å². The van der Waals surface area contributed by atoms with E-state index in [1.54, 1.807) is 73.2 Å². The van der Waals surface area contributed by atoms with Crippen LogP contribution in [-0.2, 0) is 27.2 Å². The molecule has 0 aliphatic heterocycles. The van der Waals surface area contributed by atoms with E-state index in [-0.39, 0.29) is 18.9 Å². The Morgan fingerprint density at radius 2 is 1.69 bits per heavy atom. The van der Waals surface area contributed by atoms with Crippen molar-refractivity contribution in [2.75, 3.05) is 26.0 Å². The zero-order chi connectivity index (χ0) is 38.4. The zero-order valence-electron chi connectivity index (χ0n) is 30.8. The molecule has 282 valence electrons. The maximum atomic E-state index is 13.8. The van der Waals surface area contributed by atoms with Gasteiger partial charge in [0.15, 0.2) is 6.10 Å². The van der Waals surface area contributed by atoms with E-state index in [2.05, 4.69) is 27.8 Å². The minimum Gasteiger partial charge on any atom is -0.497 e. The number of esters is 2. The van der Waals surface area contributed by atoms with Crippen LogP contribution in [0.1, 0.15) is 88.2 Å². The lowest BCUT2D eigenvalue weighted by molar-refractivity contribution is -0.150. The molecule has 5 aromatic rings. The lowest BCUT2D eigenvalue weighted by Crippen LogP contribution is -2.36. The van der Waals surface area contributed by atoms with Gasteiger partial charge in [0.25, 0.3) is 5.91 Å². The number of halogens is 2. The van der Waals surface area contributed by atoms with Gasteiger partial charge in [-0.15, -0.1) is 0 Å². The minimum absolute atomic E-state index is 0.142. The fraction of sp³-hybridized carbons (Fsp3) is 0.326. The summed E-state index contributed by atoms with van der Waals surface area (Å²) in [6.07, 6.45) is 5.01. The molecule has 1 aromatic heterocycles. The highest BCUT2D eigenvalue weighted by atomic mass is 79.9. The molecule has 0 amide bonds. The quantitative estimate of drug-likeness (QED) is 0.0925. The average Bonchev–Trinajstić information content (AvgIpc) is 3.46. The van der Waals surface area contributed by atoms with Gasteiger partial charge in [0.1, 0.15) is 12.4 Å². The Morgan fingerprint density at radius 3 is 2.37 bits per heavy atom. The molecule has 4 aromatic carbocycles. The van der Waals surface area contributed by atoms with Crippen LogP contribution >= 0.6 is 27.5 Å². The van der Waals surface area contributed by atoms with Crippen molar-refractivity contribution in [3.8, 4) is 5.75 Å². The van der Waals surface area contributed by atoms with Crippen molar-refractivity contribution in [3.63, 3.8) is 0 Å². The van der Waals surface area contributed by atoms with E-state index in [4.69, 9.17) is 31.5 Å². The van der Waals surface area contributed by atoms with E-state index in [9.17, 15) is 14.4 Å². The molecule has 6 rings (SSSR count). The Bertz CT molecular complexity index is 2130. The minimum atomic E-state index is -0.889. The van der Waals surface area contributed by atoms with E-state index in [1.807, 2.05) is 30.3 Å². The lowest BCUT2D eigenvalue weighted by Gasteiger charge is -2.34. The Balaban J connectivity index is 1.22. The molecule has 0 bridgehead atoms. The summed E-state index contributed by atoms with van der Waals surface area (Å²) >= 11 is 9.64. The first-order valence-electron chi connectivity index (χ1n) is 18.3. The van der Waals surface area contributed by atoms with Crippen LogP contribution in [0.2, 0.25) is 5.02 Å². The number of carbonyl (C=O) groups is 3. The van der Waals surface area contributed by atoms with Crippen molar-refractivity contribution in [2.24, 2.45) is 0 Å². The van der Waals surface area contributed by atoms with Gasteiger partial charge >= 0.3 is 11.9 Å². The average molecular weight is 815 g/mol. The van der Waals surface area contributed by atoms with E-state index in [0.717, 1.165) is 24.9 Å². The van der Waals surface area contributed by atoms with Crippen LogP contribution in [0.25, 0.3) is 10.9 Å². The Labute approximate surface area is 329 Å². The molecule has 9 nitrogen and oxygen atoms in total. The fourth-order valence-corrected chi connectivity index (χ4v) is 7.96.